The van der Waals surface area contributed by atoms with Gasteiger partial charge in [0.2, 0.25) is 0 Å². The first-order valence-corrected chi connectivity index (χ1v) is 7.11. The summed E-state index contributed by atoms with van der Waals surface area (Å²) in [5.74, 6) is 0.507. The Kier molecular flexibility index (Phi) is 4.56. The van der Waals surface area contributed by atoms with Gasteiger partial charge in [0.1, 0.15) is 5.82 Å². The fraction of sp³-hybridized carbons (Fsp3) is 0.375. The van der Waals surface area contributed by atoms with E-state index in [1.54, 1.807) is 6.20 Å². The van der Waals surface area contributed by atoms with Crippen LogP contribution in [0.3, 0.4) is 0 Å². The fourth-order valence-electron chi connectivity index (χ4n) is 2.41. The number of nitrogens with zero attached hydrogens (tertiary/aromatic N) is 2. The molecule has 0 saturated carbocycles. The fourth-order valence-corrected chi connectivity index (χ4v) is 2.41. The number of hydrogen-bond donors (Lipinski definition) is 1. The van der Waals surface area contributed by atoms with Crippen molar-refractivity contribution in [3.8, 4) is 0 Å². The molecule has 2 N–H and O–H groups in total. The van der Waals surface area contributed by atoms with Gasteiger partial charge in [-0.15, -0.1) is 0 Å². The Balaban J connectivity index is 2.46. The van der Waals surface area contributed by atoms with E-state index in [2.05, 4.69) is 18.8 Å². The summed E-state index contributed by atoms with van der Waals surface area (Å²) in [6.07, 6.45) is 3.50. The Morgan fingerprint density at radius 2 is 1.75 bits per heavy atom. The van der Waals surface area contributed by atoms with Crippen molar-refractivity contribution in [3.63, 3.8) is 0 Å². The van der Waals surface area contributed by atoms with Crippen LogP contribution in [0, 0.1) is 0 Å². The van der Waals surface area contributed by atoms with Crippen LogP contribution in [-0.4, -0.2) is 28.9 Å². The Morgan fingerprint density at radius 3 is 2.35 bits per heavy atom. The van der Waals surface area contributed by atoms with Crippen molar-refractivity contribution in [2.24, 2.45) is 0 Å². The number of aromatic nitrogens is 1. The first kappa shape index (κ1) is 14.3. The summed E-state index contributed by atoms with van der Waals surface area (Å²) >= 11 is 0. The maximum Gasteiger partial charge on any atom is 0.256 e. The largest absolute Gasteiger partial charge is 0.383 e. The van der Waals surface area contributed by atoms with Gasteiger partial charge in [-0.05, 0) is 18.2 Å². The monoisotopic (exact) mass is 271 g/mol. The Bertz CT molecular complexity index is 604. The number of carbonyl (C=O) groups is 1. The molecule has 0 aliphatic rings. The summed E-state index contributed by atoms with van der Waals surface area (Å²) in [6.45, 7) is 5.70. The molecular formula is C16H21N3O. The zero-order valence-electron chi connectivity index (χ0n) is 12.1. The predicted octanol–water partition coefficient (Wildman–Crippen LogP) is 3.08. The van der Waals surface area contributed by atoms with Crippen molar-refractivity contribution in [2.45, 2.75) is 26.7 Å². The zero-order chi connectivity index (χ0) is 14.5. The lowest BCUT2D eigenvalue weighted by atomic mass is 10.1. The number of carbonyl (C=O) groups excluding carboxylic acids is 1. The van der Waals surface area contributed by atoms with Gasteiger partial charge >= 0.3 is 0 Å². The molecule has 0 spiro atoms. The number of rotatable bonds is 5. The van der Waals surface area contributed by atoms with Gasteiger partial charge in [0.15, 0.2) is 0 Å². The van der Waals surface area contributed by atoms with Gasteiger partial charge in [0, 0.05) is 24.7 Å². The molecule has 0 saturated heterocycles. The summed E-state index contributed by atoms with van der Waals surface area (Å²) in [7, 11) is 0. The molecule has 2 rings (SSSR count). The van der Waals surface area contributed by atoms with E-state index >= 15 is 0 Å². The second-order valence-electron chi connectivity index (χ2n) is 4.89. The van der Waals surface area contributed by atoms with Gasteiger partial charge in [-0.3, -0.25) is 4.79 Å². The lowest BCUT2D eigenvalue weighted by Gasteiger charge is -2.22. The Morgan fingerprint density at radius 1 is 1.15 bits per heavy atom. The van der Waals surface area contributed by atoms with Crippen LogP contribution < -0.4 is 5.73 Å². The SMILES string of the molecule is CCCN(CCC)C(=O)c1cnc(N)c2ccccc12. The molecule has 1 aromatic carbocycles. The molecule has 0 aliphatic carbocycles. The molecular weight excluding hydrogens is 250 g/mol. The van der Waals surface area contributed by atoms with Gasteiger partial charge in [-0.2, -0.15) is 0 Å². The van der Waals surface area contributed by atoms with Gasteiger partial charge in [-0.25, -0.2) is 4.98 Å². The summed E-state index contributed by atoms with van der Waals surface area (Å²) in [4.78, 5) is 18.7. The van der Waals surface area contributed by atoms with Crippen LogP contribution in [0.4, 0.5) is 5.82 Å². The minimum atomic E-state index is 0.0393. The van der Waals surface area contributed by atoms with E-state index in [9.17, 15) is 4.79 Å². The van der Waals surface area contributed by atoms with Crippen molar-refractivity contribution in [3.05, 3.63) is 36.0 Å². The first-order valence-electron chi connectivity index (χ1n) is 7.11. The molecule has 106 valence electrons. The number of nitrogens with two attached hydrogens (primary N) is 1. The van der Waals surface area contributed by atoms with Crippen LogP contribution in [0.15, 0.2) is 30.5 Å². The lowest BCUT2D eigenvalue weighted by molar-refractivity contribution is 0.0757. The minimum absolute atomic E-state index is 0.0393. The number of amides is 1. The summed E-state index contributed by atoms with van der Waals surface area (Å²) in [6, 6.07) is 7.65. The standard InChI is InChI=1S/C16H21N3O/c1-3-9-19(10-4-2)16(20)14-11-18-15(17)13-8-6-5-7-12(13)14/h5-8,11H,3-4,9-10H2,1-2H3,(H2,17,18). The number of fused-ring (bicyclic) bond motifs is 1. The molecule has 0 fully saturated rings. The molecule has 4 nitrogen and oxygen atoms in total. The highest BCUT2D eigenvalue weighted by atomic mass is 16.2. The van der Waals surface area contributed by atoms with Crippen molar-refractivity contribution < 1.29 is 4.79 Å². The normalized spacial score (nSPS) is 10.7. The number of anilines is 1. The van der Waals surface area contributed by atoms with Gasteiger partial charge in [0.05, 0.1) is 5.56 Å². The first-order chi connectivity index (χ1) is 9.69. The third-order valence-electron chi connectivity index (χ3n) is 3.33. The number of nitrogen functional groups attached to an aromatic ring is 1. The lowest BCUT2D eigenvalue weighted by Crippen LogP contribution is -2.32. The van der Waals surface area contributed by atoms with E-state index in [0.717, 1.165) is 36.7 Å². The number of hydrogen-bond acceptors (Lipinski definition) is 3. The van der Waals surface area contributed by atoms with Gasteiger partial charge in [0.25, 0.3) is 5.91 Å². The average Bonchev–Trinajstić information content (AvgIpc) is 2.47. The summed E-state index contributed by atoms with van der Waals surface area (Å²) in [5.41, 5.74) is 6.52. The number of pyridine rings is 1. The Labute approximate surface area is 119 Å². The van der Waals surface area contributed by atoms with Crippen molar-refractivity contribution in [1.82, 2.24) is 9.88 Å². The van der Waals surface area contributed by atoms with Crippen LogP contribution >= 0.6 is 0 Å². The molecule has 4 heteroatoms. The van der Waals surface area contributed by atoms with E-state index < -0.39 is 0 Å². The second kappa shape index (κ2) is 6.37. The quantitative estimate of drug-likeness (QED) is 0.909. The van der Waals surface area contributed by atoms with E-state index in [1.807, 2.05) is 29.2 Å². The topological polar surface area (TPSA) is 59.2 Å². The van der Waals surface area contributed by atoms with E-state index in [0.29, 0.717) is 11.4 Å². The van der Waals surface area contributed by atoms with Crippen molar-refractivity contribution >= 4 is 22.5 Å². The van der Waals surface area contributed by atoms with Crippen LogP contribution in [-0.2, 0) is 0 Å². The van der Waals surface area contributed by atoms with Crippen molar-refractivity contribution in [2.75, 3.05) is 18.8 Å². The predicted molar refractivity (Wildman–Crippen MR) is 82.6 cm³/mol. The molecule has 1 aromatic heterocycles. The second-order valence-corrected chi connectivity index (χ2v) is 4.89. The molecule has 1 amide bonds. The van der Waals surface area contributed by atoms with Crippen LogP contribution in [0.5, 0.6) is 0 Å². The maximum atomic E-state index is 12.7. The van der Waals surface area contributed by atoms with Crippen LogP contribution in [0.25, 0.3) is 10.8 Å². The maximum absolute atomic E-state index is 12.7. The molecule has 0 radical (unpaired) electrons. The molecule has 0 aliphatic heterocycles. The smallest absolute Gasteiger partial charge is 0.256 e. The highest BCUT2D eigenvalue weighted by Gasteiger charge is 2.18. The highest BCUT2D eigenvalue weighted by Crippen LogP contribution is 2.23. The van der Waals surface area contributed by atoms with Crippen LogP contribution in [0.1, 0.15) is 37.0 Å². The van der Waals surface area contributed by atoms with E-state index in [1.165, 1.54) is 0 Å². The van der Waals surface area contributed by atoms with E-state index in [-0.39, 0.29) is 5.91 Å². The summed E-state index contributed by atoms with van der Waals surface area (Å²) < 4.78 is 0. The molecule has 0 unspecified atom stereocenters. The number of benzene rings is 1. The van der Waals surface area contributed by atoms with Crippen LogP contribution in [0.2, 0.25) is 0 Å². The van der Waals surface area contributed by atoms with Gasteiger partial charge in [-0.1, -0.05) is 38.1 Å². The molecule has 0 bridgehead atoms. The zero-order valence-corrected chi connectivity index (χ0v) is 12.1. The minimum Gasteiger partial charge on any atom is -0.383 e. The van der Waals surface area contributed by atoms with Crippen molar-refractivity contribution in [1.29, 1.82) is 0 Å². The third kappa shape index (κ3) is 2.74. The van der Waals surface area contributed by atoms with Gasteiger partial charge < -0.3 is 10.6 Å². The molecule has 20 heavy (non-hydrogen) atoms. The van der Waals surface area contributed by atoms with E-state index in [4.69, 9.17) is 5.73 Å². The third-order valence-corrected chi connectivity index (χ3v) is 3.33. The molecule has 1 heterocycles. The highest BCUT2D eigenvalue weighted by molar-refractivity contribution is 6.08. The molecule has 0 atom stereocenters. The summed E-state index contributed by atoms with van der Waals surface area (Å²) in [5, 5.41) is 1.72. The Hall–Kier alpha value is -2.10. The average molecular weight is 271 g/mol. The molecule has 2 aromatic rings.